The number of nitrogens with zero attached hydrogens (tertiary/aromatic N) is 1. The second-order valence-electron chi connectivity index (χ2n) is 3.26. The van der Waals surface area contributed by atoms with Gasteiger partial charge in [0.15, 0.2) is 0 Å². The second-order valence-corrected chi connectivity index (χ2v) is 4.18. The summed E-state index contributed by atoms with van der Waals surface area (Å²) in [6, 6.07) is -0.634. The molecule has 3 N–H and O–H groups in total. The van der Waals surface area contributed by atoms with E-state index in [1.54, 1.807) is 0 Å². The molecule has 0 aliphatic rings. The highest BCUT2D eigenvalue weighted by atomic mass is 79.9. The van der Waals surface area contributed by atoms with Crippen molar-refractivity contribution in [2.45, 2.75) is 12.2 Å². The fourth-order valence-electron chi connectivity index (χ4n) is 0.985. The molecule has 0 spiro atoms. The van der Waals surface area contributed by atoms with Crippen LogP contribution in [0, 0.1) is 0 Å². The number of ether oxygens (including phenoxy) is 1. The molecule has 1 aromatic heterocycles. The van der Waals surface area contributed by atoms with E-state index >= 15 is 0 Å². The van der Waals surface area contributed by atoms with E-state index in [1.807, 2.05) is 0 Å². The number of hydrogen-bond donors (Lipinski definition) is 2. The van der Waals surface area contributed by atoms with Crippen LogP contribution >= 0.6 is 15.9 Å². The molecule has 1 atom stereocenters. The highest BCUT2D eigenvalue weighted by Gasteiger charge is 2.35. The normalized spacial score (nSPS) is 13.2. The lowest BCUT2D eigenvalue weighted by atomic mass is 10.2. The van der Waals surface area contributed by atoms with Crippen LogP contribution in [0.4, 0.5) is 13.2 Å². The third-order valence-corrected chi connectivity index (χ3v) is 2.27. The Bertz CT molecular complexity index is 453. The lowest BCUT2D eigenvalue weighted by Gasteiger charge is -2.14. The zero-order valence-corrected chi connectivity index (χ0v) is 10.3. The first-order valence-corrected chi connectivity index (χ1v) is 5.35. The number of pyridine rings is 1. The van der Waals surface area contributed by atoms with Crippen molar-refractivity contribution < 1.29 is 27.8 Å². The summed E-state index contributed by atoms with van der Waals surface area (Å²) < 4.78 is 42.7. The van der Waals surface area contributed by atoms with Crippen molar-refractivity contribution in [1.29, 1.82) is 0 Å². The summed E-state index contributed by atoms with van der Waals surface area (Å²) in [5.74, 6) is -2.08. The number of nitrogens with two attached hydrogens (primary N) is 1. The number of carboxylic acids is 1. The molecule has 1 rings (SSSR count). The van der Waals surface area contributed by atoms with Crippen LogP contribution in [0.1, 0.15) is 5.56 Å². The Morgan fingerprint density at radius 1 is 1.61 bits per heavy atom. The summed E-state index contributed by atoms with van der Waals surface area (Å²) in [6.45, 7) is -0.604. The second kappa shape index (κ2) is 5.53. The maximum atomic E-state index is 12.6. The Morgan fingerprint density at radius 3 is 2.72 bits per heavy atom. The summed E-state index contributed by atoms with van der Waals surface area (Å²) in [4.78, 5) is 13.8. The first-order chi connectivity index (χ1) is 8.21. The average molecular weight is 329 g/mol. The number of aromatic nitrogens is 1. The van der Waals surface area contributed by atoms with Gasteiger partial charge in [0.2, 0.25) is 5.88 Å². The smallest absolute Gasteiger partial charge is 0.421 e. The van der Waals surface area contributed by atoms with Gasteiger partial charge in [-0.2, -0.15) is 13.2 Å². The number of carboxylic acid groups (broad SMARTS) is 1. The molecule has 1 aromatic rings. The topological polar surface area (TPSA) is 85.4 Å². The molecule has 0 aliphatic carbocycles. The first-order valence-electron chi connectivity index (χ1n) is 4.55. The van der Waals surface area contributed by atoms with Crippen LogP contribution < -0.4 is 10.5 Å². The molecule has 100 valence electrons. The van der Waals surface area contributed by atoms with Gasteiger partial charge in [-0.15, -0.1) is 0 Å². The van der Waals surface area contributed by atoms with Crippen molar-refractivity contribution in [2.24, 2.45) is 5.73 Å². The molecule has 9 heteroatoms. The number of rotatable bonds is 4. The molecule has 0 amide bonds. The molecule has 0 aliphatic heterocycles. The minimum atomic E-state index is -4.65. The van der Waals surface area contributed by atoms with Crippen molar-refractivity contribution in [3.8, 4) is 5.88 Å². The third kappa shape index (κ3) is 3.84. The van der Waals surface area contributed by atoms with E-state index in [0.29, 0.717) is 0 Å². The van der Waals surface area contributed by atoms with E-state index in [1.165, 1.54) is 0 Å². The maximum absolute atomic E-state index is 12.6. The van der Waals surface area contributed by atoms with E-state index in [0.717, 1.165) is 12.3 Å². The Kier molecular flexibility index (Phi) is 4.52. The van der Waals surface area contributed by atoms with Crippen LogP contribution in [0.3, 0.4) is 0 Å². The molecule has 18 heavy (non-hydrogen) atoms. The lowest BCUT2D eigenvalue weighted by Crippen LogP contribution is -2.36. The zero-order valence-electron chi connectivity index (χ0n) is 8.74. The van der Waals surface area contributed by atoms with Crippen LogP contribution in [0.5, 0.6) is 5.88 Å². The number of alkyl halides is 3. The minimum Gasteiger partial charge on any atom is -0.480 e. The van der Waals surface area contributed by atoms with Gasteiger partial charge >= 0.3 is 12.1 Å². The average Bonchev–Trinajstić information content (AvgIpc) is 2.25. The quantitative estimate of drug-likeness (QED) is 0.877. The maximum Gasteiger partial charge on any atom is 0.421 e. The molecule has 0 saturated carbocycles. The molecule has 1 heterocycles. The Morgan fingerprint density at radius 2 is 2.22 bits per heavy atom. The fraction of sp³-hybridized carbons (Fsp3) is 0.333. The molecule has 0 bridgehead atoms. The van der Waals surface area contributed by atoms with Crippen molar-refractivity contribution in [3.05, 3.63) is 22.3 Å². The SMILES string of the molecule is NC(COc1ncc(Br)cc1C(F)(F)F)C(=O)O. The van der Waals surface area contributed by atoms with Crippen molar-refractivity contribution in [1.82, 2.24) is 4.98 Å². The van der Waals surface area contributed by atoms with E-state index < -0.39 is 36.2 Å². The van der Waals surface area contributed by atoms with Gasteiger partial charge < -0.3 is 15.6 Å². The summed E-state index contributed by atoms with van der Waals surface area (Å²) >= 11 is 2.86. The van der Waals surface area contributed by atoms with Gasteiger partial charge in [-0.3, -0.25) is 4.79 Å². The molecular formula is C9H8BrF3N2O3. The molecule has 5 nitrogen and oxygen atoms in total. The van der Waals surface area contributed by atoms with Gasteiger partial charge in [0.25, 0.3) is 0 Å². The summed E-state index contributed by atoms with van der Waals surface area (Å²) in [5, 5.41) is 8.48. The Balaban J connectivity index is 2.92. The van der Waals surface area contributed by atoms with E-state index in [2.05, 4.69) is 25.7 Å². The highest BCUT2D eigenvalue weighted by Crippen LogP contribution is 2.36. The summed E-state index contributed by atoms with van der Waals surface area (Å²) in [6.07, 6.45) is -3.55. The van der Waals surface area contributed by atoms with Gasteiger partial charge in [-0.05, 0) is 22.0 Å². The molecule has 0 fully saturated rings. The summed E-state index contributed by atoms with van der Waals surface area (Å²) in [5.41, 5.74) is 4.01. The van der Waals surface area contributed by atoms with Crippen molar-refractivity contribution in [2.75, 3.05) is 6.61 Å². The number of hydrogen-bond acceptors (Lipinski definition) is 4. The van der Waals surface area contributed by atoms with Crippen molar-refractivity contribution >= 4 is 21.9 Å². The van der Waals surface area contributed by atoms with Gasteiger partial charge in [0.05, 0.1) is 0 Å². The molecule has 0 saturated heterocycles. The van der Waals surface area contributed by atoms with E-state index in [-0.39, 0.29) is 4.47 Å². The Labute approximate surface area is 108 Å². The number of carbonyl (C=O) groups is 1. The van der Waals surface area contributed by atoms with Crippen LogP contribution in [0.25, 0.3) is 0 Å². The lowest BCUT2D eigenvalue weighted by molar-refractivity contribution is -0.140. The van der Waals surface area contributed by atoms with Gasteiger partial charge in [0.1, 0.15) is 18.2 Å². The molecular weight excluding hydrogens is 321 g/mol. The van der Waals surface area contributed by atoms with Crippen LogP contribution in [0.15, 0.2) is 16.7 Å². The largest absolute Gasteiger partial charge is 0.480 e. The fourth-order valence-corrected chi connectivity index (χ4v) is 1.32. The monoisotopic (exact) mass is 328 g/mol. The van der Waals surface area contributed by atoms with Crippen LogP contribution in [-0.4, -0.2) is 28.7 Å². The van der Waals surface area contributed by atoms with E-state index in [4.69, 9.17) is 10.8 Å². The number of halogens is 4. The zero-order chi connectivity index (χ0) is 13.9. The predicted octanol–water partition coefficient (Wildman–Crippen LogP) is 1.65. The van der Waals surface area contributed by atoms with E-state index in [9.17, 15) is 18.0 Å². The third-order valence-electron chi connectivity index (χ3n) is 1.84. The predicted molar refractivity (Wildman–Crippen MR) is 58.0 cm³/mol. The summed E-state index contributed by atoms with van der Waals surface area (Å²) in [7, 11) is 0. The van der Waals surface area contributed by atoms with Crippen molar-refractivity contribution in [3.63, 3.8) is 0 Å². The minimum absolute atomic E-state index is 0.129. The first kappa shape index (κ1) is 14.7. The van der Waals surface area contributed by atoms with Crippen LogP contribution in [-0.2, 0) is 11.0 Å². The molecule has 0 aromatic carbocycles. The molecule has 1 unspecified atom stereocenters. The van der Waals surface area contributed by atoms with Crippen LogP contribution in [0.2, 0.25) is 0 Å². The van der Waals surface area contributed by atoms with Gasteiger partial charge in [0, 0.05) is 10.7 Å². The molecule has 0 radical (unpaired) electrons. The number of aliphatic carboxylic acids is 1. The van der Waals surface area contributed by atoms with Gasteiger partial charge in [-0.25, -0.2) is 4.98 Å². The standard InChI is InChI=1S/C9H8BrF3N2O3/c10-4-1-5(9(11,12)13)7(15-2-4)18-3-6(14)8(16)17/h1-2,6H,3,14H2,(H,16,17). The van der Waals surface area contributed by atoms with Gasteiger partial charge in [-0.1, -0.05) is 0 Å². The highest BCUT2D eigenvalue weighted by molar-refractivity contribution is 9.10. The Hall–Kier alpha value is -1.35.